The fraction of sp³-hybridized carbons (Fsp3) is 0.656. The summed E-state index contributed by atoms with van der Waals surface area (Å²) in [6.07, 6.45) is 7.08. The maximum atomic E-state index is 13.0. The molecule has 0 radical (unpaired) electrons. The van der Waals surface area contributed by atoms with Gasteiger partial charge in [0, 0.05) is 31.5 Å². The van der Waals surface area contributed by atoms with Crippen molar-refractivity contribution < 1.29 is 12.8 Å². The van der Waals surface area contributed by atoms with Gasteiger partial charge in [-0.15, -0.1) is 0 Å². The van der Waals surface area contributed by atoms with Gasteiger partial charge in [0.25, 0.3) is 0 Å². The first-order chi connectivity index (χ1) is 18.5. The molecular formula is C32H51N3O3SSi. The van der Waals surface area contributed by atoms with Gasteiger partial charge in [-0.25, -0.2) is 8.42 Å². The van der Waals surface area contributed by atoms with Crippen LogP contribution in [0.15, 0.2) is 42.6 Å². The molecule has 2 aromatic rings. The number of pyridine rings is 1. The van der Waals surface area contributed by atoms with E-state index in [1.54, 1.807) is 6.92 Å². The third-order valence-electron chi connectivity index (χ3n) is 10.2. The molecule has 1 aromatic heterocycles. The number of aromatic nitrogens is 1. The van der Waals surface area contributed by atoms with Crippen LogP contribution < -0.4 is 5.73 Å². The van der Waals surface area contributed by atoms with Crippen LogP contribution in [0.4, 0.5) is 0 Å². The Morgan fingerprint density at radius 2 is 1.80 bits per heavy atom. The zero-order valence-electron chi connectivity index (χ0n) is 25.9. The minimum absolute atomic E-state index is 0.0133. The molecule has 0 spiro atoms. The van der Waals surface area contributed by atoms with Crippen molar-refractivity contribution in [1.82, 2.24) is 9.88 Å². The Labute approximate surface area is 244 Å². The summed E-state index contributed by atoms with van der Waals surface area (Å²) in [7, 11) is -5.48. The van der Waals surface area contributed by atoms with Crippen LogP contribution in [0.3, 0.4) is 0 Å². The molecule has 1 unspecified atom stereocenters. The Kier molecular flexibility index (Phi) is 9.09. The summed E-state index contributed by atoms with van der Waals surface area (Å²) in [5.74, 6) is 0.350. The van der Waals surface area contributed by atoms with Crippen LogP contribution in [0.5, 0.6) is 0 Å². The molecule has 8 heteroatoms. The molecule has 4 rings (SSSR count). The number of fused-ring (bicyclic) bond motifs is 1. The largest absolute Gasteiger partial charge is 0.408 e. The Morgan fingerprint density at radius 3 is 2.45 bits per heavy atom. The molecule has 0 bridgehead atoms. The minimum atomic E-state index is -3.47. The molecule has 0 amide bonds. The molecule has 1 aliphatic carbocycles. The van der Waals surface area contributed by atoms with Gasteiger partial charge < -0.3 is 15.1 Å². The lowest BCUT2D eigenvalue weighted by atomic mass is 9.75. The summed E-state index contributed by atoms with van der Waals surface area (Å²) in [5.41, 5.74) is 11.6. The summed E-state index contributed by atoms with van der Waals surface area (Å²) in [6.45, 7) is 17.9. The van der Waals surface area contributed by atoms with E-state index in [1.165, 1.54) is 22.9 Å². The summed E-state index contributed by atoms with van der Waals surface area (Å²) < 4.78 is 33.0. The van der Waals surface area contributed by atoms with Crippen molar-refractivity contribution in [1.29, 1.82) is 0 Å². The third kappa shape index (κ3) is 6.56. The van der Waals surface area contributed by atoms with E-state index < -0.39 is 23.0 Å². The molecule has 2 N–H and O–H groups in total. The van der Waals surface area contributed by atoms with E-state index >= 15 is 0 Å². The topological polar surface area (TPSA) is 85.5 Å². The van der Waals surface area contributed by atoms with Crippen LogP contribution in [0.25, 0.3) is 0 Å². The van der Waals surface area contributed by atoms with Crippen molar-refractivity contribution in [3.05, 3.63) is 65.0 Å². The van der Waals surface area contributed by atoms with E-state index in [9.17, 15) is 8.42 Å². The van der Waals surface area contributed by atoms with Crippen molar-refractivity contribution >= 4 is 18.2 Å². The number of hydrogen-bond donors (Lipinski definition) is 1. The van der Waals surface area contributed by atoms with E-state index in [0.717, 1.165) is 44.5 Å². The first-order valence-electron chi connectivity index (χ1n) is 14.9. The number of aryl methyl sites for hydroxylation is 2. The van der Waals surface area contributed by atoms with Crippen LogP contribution in [-0.4, -0.2) is 57.4 Å². The smallest absolute Gasteiger partial charge is 0.192 e. The lowest BCUT2D eigenvalue weighted by Gasteiger charge is -2.46. The first kappa shape index (κ1) is 31.4. The SMILES string of the molecule is Cc1ccccc1[C@H]1CCN(C[C@@H]2CCc3cccnc3[C@@H](O[Si](C)(C)C(C)(C)C)C2)C[C@@H]1C(C)(N)S(C)(=O)=O. The highest BCUT2D eigenvalue weighted by Gasteiger charge is 2.47. The number of likely N-dealkylation sites (tertiary alicyclic amines) is 1. The van der Waals surface area contributed by atoms with Gasteiger partial charge >= 0.3 is 0 Å². The third-order valence-corrected chi connectivity index (χ3v) is 16.6. The number of hydrogen-bond acceptors (Lipinski definition) is 6. The molecule has 2 heterocycles. The zero-order valence-corrected chi connectivity index (χ0v) is 27.7. The fourth-order valence-corrected chi connectivity index (χ4v) is 8.49. The van der Waals surface area contributed by atoms with Crippen LogP contribution in [-0.2, 0) is 20.7 Å². The molecular weight excluding hydrogens is 535 g/mol. The van der Waals surface area contributed by atoms with E-state index in [1.807, 2.05) is 18.3 Å². The van der Waals surface area contributed by atoms with Gasteiger partial charge in [0.05, 0.1) is 11.8 Å². The first-order valence-corrected chi connectivity index (χ1v) is 19.7. The van der Waals surface area contributed by atoms with Gasteiger partial charge in [-0.3, -0.25) is 4.98 Å². The number of nitrogens with zero attached hydrogens (tertiary/aromatic N) is 2. The van der Waals surface area contributed by atoms with Crippen molar-refractivity contribution in [2.24, 2.45) is 17.6 Å². The van der Waals surface area contributed by atoms with Gasteiger partial charge in [0.1, 0.15) is 4.87 Å². The second-order valence-electron chi connectivity index (χ2n) is 14.1. The van der Waals surface area contributed by atoms with Gasteiger partial charge in [-0.1, -0.05) is 51.1 Å². The van der Waals surface area contributed by atoms with E-state index in [0.29, 0.717) is 12.5 Å². The van der Waals surface area contributed by atoms with Crippen LogP contribution in [0.2, 0.25) is 18.1 Å². The maximum Gasteiger partial charge on any atom is 0.192 e. The van der Waals surface area contributed by atoms with Crippen molar-refractivity contribution in [2.75, 3.05) is 25.9 Å². The van der Waals surface area contributed by atoms with Crippen LogP contribution in [0.1, 0.15) is 81.4 Å². The minimum Gasteiger partial charge on any atom is -0.408 e. The quantitative estimate of drug-likeness (QED) is 0.306. The number of nitrogens with two attached hydrogens (primary N) is 1. The molecule has 5 atom stereocenters. The Bertz CT molecular complexity index is 1290. The molecule has 2 aliphatic rings. The van der Waals surface area contributed by atoms with Gasteiger partial charge in [0.15, 0.2) is 18.2 Å². The number of sulfone groups is 1. The number of benzene rings is 1. The van der Waals surface area contributed by atoms with Crippen LogP contribution in [0, 0.1) is 18.8 Å². The van der Waals surface area contributed by atoms with Crippen molar-refractivity contribution in [3.8, 4) is 0 Å². The maximum absolute atomic E-state index is 13.0. The highest BCUT2D eigenvalue weighted by atomic mass is 32.2. The Morgan fingerprint density at radius 1 is 1.10 bits per heavy atom. The summed E-state index contributed by atoms with van der Waals surface area (Å²) in [5, 5.41) is 0.117. The van der Waals surface area contributed by atoms with Gasteiger partial charge in [-0.05, 0) is 98.8 Å². The second kappa shape index (κ2) is 11.6. The average molecular weight is 586 g/mol. The monoisotopic (exact) mass is 585 g/mol. The lowest BCUT2D eigenvalue weighted by Crippen LogP contribution is -2.58. The molecule has 1 saturated heterocycles. The van der Waals surface area contributed by atoms with Crippen molar-refractivity contribution in [3.63, 3.8) is 0 Å². The standard InChI is InChI=1S/C32H51N3O3SSi/c1-23-12-9-10-14-26(23)27-17-19-35(22-28(27)32(5,33)39(6,36)37)21-24-15-16-25-13-11-18-34-30(25)29(20-24)38-40(7,8)31(2,3)4/h9-14,18,24,27-29H,15-17,19-22,33H2,1-8H3/t24-,27-,28+,29+,32?/m1/s1. The molecule has 0 saturated carbocycles. The summed E-state index contributed by atoms with van der Waals surface area (Å²) >= 11 is 0. The Hall–Kier alpha value is -1.58. The number of rotatable bonds is 7. The summed E-state index contributed by atoms with van der Waals surface area (Å²) in [4.78, 5) is 6.00. The predicted octanol–water partition coefficient (Wildman–Crippen LogP) is 6.23. The van der Waals surface area contributed by atoms with Gasteiger partial charge in [-0.2, -0.15) is 0 Å². The highest BCUT2D eigenvalue weighted by molar-refractivity contribution is 7.92. The van der Waals surface area contributed by atoms with Crippen molar-refractivity contribution in [2.45, 2.75) is 95.3 Å². The van der Waals surface area contributed by atoms with E-state index in [2.05, 4.69) is 70.0 Å². The Balaban J connectivity index is 1.58. The predicted molar refractivity (Wildman–Crippen MR) is 168 cm³/mol. The van der Waals surface area contributed by atoms with E-state index in [4.69, 9.17) is 15.1 Å². The molecule has 222 valence electrons. The normalized spacial score (nSPS) is 26.5. The second-order valence-corrected chi connectivity index (χ2v) is 21.3. The summed E-state index contributed by atoms with van der Waals surface area (Å²) in [6, 6.07) is 12.6. The molecule has 1 fully saturated rings. The average Bonchev–Trinajstić information content (AvgIpc) is 3.02. The molecule has 1 aromatic carbocycles. The molecule has 40 heavy (non-hydrogen) atoms. The van der Waals surface area contributed by atoms with Gasteiger partial charge in [0.2, 0.25) is 0 Å². The highest BCUT2D eigenvalue weighted by Crippen LogP contribution is 2.45. The number of piperidine rings is 1. The molecule has 6 nitrogen and oxygen atoms in total. The fourth-order valence-electron chi connectivity index (χ4n) is 6.43. The molecule has 1 aliphatic heterocycles. The lowest BCUT2D eigenvalue weighted by molar-refractivity contribution is 0.0898. The zero-order chi connectivity index (χ0) is 29.5. The van der Waals surface area contributed by atoms with Crippen LogP contribution >= 0.6 is 0 Å². The van der Waals surface area contributed by atoms with E-state index in [-0.39, 0.29) is 23.0 Å².